The van der Waals surface area contributed by atoms with E-state index in [4.69, 9.17) is 0 Å². The SMILES string of the molecule is CCC(CC)C(=O)Cc1cn2ccsc2n1. The van der Waals surface area contributed by atoms with Crippen LogP contribution in [0.5, 0.6) is 0 Å². The summed E-state index contributed by atoms with van der Waals surface area (Å²) >= 11 is 1.60. The lowest BCUT2D eigenvalue weighted by atomic mass is 9.95. The number of rotatable bonds is 5. The van der Waals surface area contributed by atoms with Crippen molar-refractivity contribution in [2.45, 2.75) is 33.1 Å². The lowest BCUT2D eigenvalue weighted by Crippen LogP contribution is -2.15. The first-order valence-corrected chi connectivity index (χ1v) is 6.56. The number of thiazole rings is 1. The zero-order chi connectivity index (χ0) is 11.5. The second kappa shape index (κ2) is 4.78. The van der Waals surface area contributed by atoms with Gasteiger partial charge in [0.25, 0.3) is 0 Å². The highest BCUT2D eigenvalue weighted by atomic mass is 32.1. The lowest BCUT2D eigenvalue weighted by molar-refractivity contribution is -0.122. The van der Waals surface area contributed by atoms with Gasteiger partial charge in [-0.05, 0) is 12.8 Å². The van der Waals surface area contributed by atoms with Gasteiger partial charge in [0, 0.05) is 23.7 Å². The van der Waals surface area contributed by atoms with E-state index in [1.165, 1.54) is 0 Å². The fourth-order valence-electron chi connectivity index (χ4n) is 1.93. The molecule has 0 aliphatic carbocycles. The summed E-state index contributed by atoms with van der Waals surface area (Å²) < 4.78 is 1.97. The van der Waals surface area contributed by atoms with Crippen molar-refractivity contribution in [3.8, 4) is 0 Å². The van der Waals surface area contributed by atoms with E-state index in [2.05, 4.69) is 18.8 Å². The van der Waals surface area contributed by atoms with Crippen LogP contribution in [0.4, 0.5) is 0 Å². The van der Waals surface area contributed by atoms with E-state index in [9.17, 15) is 4.79 Å². The summed E-state index contributed by atoms with van der Waals surface area (Å²) in [6, 6.07) is 0. The Kier molecular flexibility index (Phi) is 3.39. The molecule has 4 heteroatoms. The summed E-state index contributed by atoms with van der Waals surface area (Å²) in [7, 11) is 0. The zero-order valence-electron chi connectivity index (χ0n) is 9.64. The van der Waals surface area contributed by atoms with Crippen LogP contribution in [0.2, 0.25) is 0 Å². The third-order valence-electron chi connectivity index (χ3n) is 2.94. The first-order chi connectivity index (χ1) is 7.74. The van der Waals surface area contributed by atoms with Crippen LogP contribution in [0.3, 0.4) is 0 Å². The Bertz CT molecular complexity index is 453. The van der Waals surface area contributed by atoms with Crippen molar-refractivity contribution in [3.05, 3.63) is 23.5 Å². The minimum atomic E-state index is 0.194. The first-order valence-electron chi connectivity index (χ1n) is 5.68. The Labute approximate surface area is 99.1 Å². The highest BCUT2D eigenvalue weighted by molar-refractivity contribution is 7.15. The molecule has 2 rings (SSSR count). The Morgan fingerprint density at radius 3 is 2.88 bits per heavy atom. The van der Waals surface area contributed by atoms with Gasteiger partial charge in [0.05, 0.1) is 12.1 Å². The summed E-state index contributed by atoms with van der Waals surface area (Å²) in [5, 5.41) is 1.99. The minimum absolute atomic E-state index is 0.194. The van der Waals surface area contributed by atoms with Gasteiger partial charge in [-0.25, -0.2) is 4.98 Å². The molecule has 0 saturated heterocycles. The number of hydrogen-bond donors (Lipinski definition) is 0. The molecule has 0 amide bonds. The van der Waals surface area contributed by atoms with E-state index >= 15 is 0 Å². The Balaban J connectivity index is 2.09. The number of Topliss-reactive ketones (excluding diaryl/α,β-unsaturated/α-hetero) is 1. The molecule has 0 N–H and O–H groups in total. The van der Waals surface area contributed by atoms with Crippen molar-refractivity contribution < 1.29 is 4.79 Å². The maximum absolute atomic E-state index is 11.9. The monoisotopic (exact) mass is 236 g/mol. The molecule has 16 heavy (non-hydrogen) atoms. The lowest BCUT2D eigenvalue weighted by Gasteiger charge is -2.08. The van der Waals surface area contributed by atoms with Crippen molar-refractivity contribution in [1.82, 2.24) is 9.38 Å². The maximum atomic E-state index is 11.9. The van der Waals surface area contributed by atoms with Crippen molar-refractivity contribution in [2.75, 3.05) is 0 Å². The third-order valence-corrected chi connectivity index (χ3v) is 3.71. The molecule has 0 aliphatic rings. The van der Waals surface area contributed by atoms with Crippen LogP contribution in [-0.2, 0) is 11.2 Å². The molecule has 0 saturated carbocycles. The number of aromatic nitrogens is 2. The van der Waals surface area contributed by atoms with Crippen LogP contribution in [0.25, 0.3) is 4.96 Å². The number of imidazole rings is 1. The van der Waals surface area contributed by atoms with Gasteiger partial charge in [-0.15, -0.1) is 11.3 Å². The van der Waals surface area contributed by atoms with E-state index in [0.717, 1.165) is 23.5 Å². The van der Waals surface area contributed by atoms with Crippen molar-refractivity contribution in [1.29, 1.82) is 0 Å². The molecule has 0 bridgehead atoms. The van der Waals surface area contributed by atoms with Crippen molar-refractivity contribution >= 4 is 22.1 Å². The maximum Gasteiger partial charge on any atom is 0.193 e. The topological polar surface area (TPSA) is 34.4 Å². The van der Waals surface area contributed by atoms with Gasteiger partial charge in [-0.3, -0.25) is 9.20 Å². The van der Waals surface area contributed by atoms with Crippen molar-refractivity contribution in [3.63, 3.8) is 0 Å². The minimum Gasteiger partial charge on any atom is -0.299 e. The van der Waals surface area contributed by atoms with E-state index in [1.807, 2.05) is 22.2 Å². The molecule has 2 aromatic rings. The van der Waals surface area contributed by atoms with Gasteiger partial charge < -0.3 is 0 Å². The number of carbonyl (C=O) groups excluding carboxylic acids is 1. The van der Waals surface area contributed by atoms with Crippen LogP contribution >= 0.6 is 11.3 Å². The van der Waals surface area contributed by atoms with Gasteiger partial charge in [0.2, 0.25) is 0 Å². The predicted molar refractivity (Wildman–Crippen MR) is 65.9 cm³/mol. The normalized spacial score (nSPS) is 11.4. The Morgan fingerprint density at radius 1 is 1.50 bits per heavy atom. The quantitative estimate of drug-likeness (QED) is 0.800. The van der Waals surface area contributed by atoms with Gasteiger partial charge in [0.15, 0.2) is 4.96 Å². The molecule has 0 unspecified atom stereocenters. The van der Waals surface area contributed by atoms with E-state index in [0.29, 0.717) is 12.2 Å². The van der Waals surface area contributed by atoms with E-state index in [1.54, 1.807) is 11.3 Å². The highest BCUT2D eigenvalue weighted by Gasteiger charge is 2.16. The van der Waals surface area contributed by atoms with Gasteiger partial charge in [-0.1, -0.05) is 13.8 Å². The van der Waals surface area contributed by atoms with Crippen LogP contribution < -0.4 is 0 Å². The molecule has 0 radical (unpaired) electrons. The number of ketones is 1. The smallest absolute Gasteiger partial charge is 0.193 e. The van der Waals surface area contributed by atoms with E-state index in [-0.39, 0.29) is 5.92 Å². The summed E-state index contributed by atoms with van der Waals surface area (Å²) in [4.78, 5) is 17.3. The van der Waals surface area contributed by atoms with Gasteiger partial charge in [-0.2, -0.15) is 0 Å². The largest absolute Gasteiger partial charge is 0.299 e. The summed E-state index contributed by atoms with van der Waals surface area (Å²) in [5.41, 5.74) is 0.892. The second-order valence-corrected chi connectivity index (χ2v) is 4.85. The molecule has 86 valence electrons. The standard InChI is InChI=1S/C12H16N2OS/c1-3-9(4-2)11(15)7-10-8-14-5-6-16-12(14)13-10/h5-6,8-9H,3-4,7H2,1-2H3. The molecule has 0 aromatic carbocycles. The van der Waals surface area contributed by atoms with Gasteiger partial charge in [0.1, 0.15) is 5.78 Å². The van der Waals surface area contributed by atoms with Crippen LogP contribution in [0.1, 0.15) is 32.4 Å². The third kappa shape index (κ3) is 2.16. The molecule has 2 aromatic heterocycles. The summed E-state index contributed by atoms with van der Waals surface area (Å²) in [6.45, 7) is 4.13. The van der Waals surface area contributed by atoms with E-state index < -0.39 is 0 Å². The number of fused-ring (bicyclic) bond motifs is 1. The predicted octanol–water partition coefficient (Wildman–Crippen LogP) is 2.94. The fraction of sp³-hybridized carbons (Fsp3) is 0.500. The molecule has 3 nitrogen and oxygen atoms in total. The molecule has 0 aliphatic heterocycles. The van der Waals surface area contributed by atoms with Crippen molar-refractivity contribution in [2.24, 2.45) is 5.92 Å². The molecule has 0 fully saturated rings. The summed E-state index contributed by atoms with van der Waals surface area (Å²) in [5.74, 6) is 0.510. The molecule has 0 atom stereocenters. The number of hydrogen-bond acceptors (Lipinski definition) is 3. The number of carbonyl (C=O) groups is 1. The average molecular weight is 236 g/mol. The molecular formula is C12H16N2OS. The number of nitrogens with zero attached hydrogens (tertiary/aromatic N) is 2. The van der Waals surface area contributed by atoms with Crippen LogP contribution in [-0.4, -0.2) is 15.2 Å². The van der Waals surface area contributed by atoms with Crippen LogP contribution in [0.15, 0.2) is 17.8 Å². The molecule has 2 heterocycles. The molecular weight excluding hydrogens is 220 g/mol. The second-order valence-electron chi connectivity index (χ2n) is 3.98. The van der Waals surface area contributed by atoms with Gasteiger partial charge >= 0.3 is 0 Å². The summed E-state index contributed by atoms with van der Waals surface area (Å²) in [6.07, 6.45) is 6.25. The molecule has 0 spiro atoms. The Morgan fingerprint density at radius 2 is 2.25 bits per heavy atom. The average Bonchev–Trinajstić information content (AvgIpc) is 2.79. The fourth-order valence-corrected chi connectivity index (χ4v) is 2.65. The first kappa shape index (κ1) is 11.3. The van der Waals surface area contributed by atoms with Crippen LogP contribution in [0, 0.1) is 5.92 Å². The highest BCUT2D eigenvalue weighted by Crippen LogP contribution is 2.15. The zero-order valence-corrected chi connectivity index (χ0v) is 10.5. The Hall–Kier alpha value is -1.16.